The molecule has 34 heavy (non-hydrogen) atoms. The number of halogens is 1. The van der Waals surface area contributed by atoms with Crippen LogP contribution in [0.15, 0.2) is 42.6 Å². The van der Waals surface area contributed by atoms with E-state index in [1.165, 1.54) is 24.2 Å². The molecule has 1 saturated carbocycles. The summed E-state index contributed by atoms with van der Waals surface area (Å²) in [5.74, 6) is 0.829. The van der Waals surface area contributed by atoms with E-state index in [2.05, 4.69) is 5.10 Å². The van der Waals surface area contributed by atoms with E-state index < -0.39 is 6.09 Å². The summed E-state index contributed by atoms with van der Waals surface area (Å²) < 4.78 is 13.5. The van der Waals surface area contributed by atoms with Crippen molar-refractivity contribution < 1.29 is 14.3 Å². The average Bonchev–Trinajstić information content (AvgIpc) is 3.19. The third-order valence-corrected chi connectivity index (χ3v) is 6.41. The number of benzene rings is 1. The topological polar surface area (TPSA) is 69.5 Å². The van der Waals surface area contributed by atoms with Crippen LogP contribution in [0.2, 0.25) is 5.02 Å². The second kappa shape index (κ2) is 10.9. The largest absolute Gasteiger partial charge is 0.489 e. The first-order chi connectivity index (χ1) is 16.4. The molecule has 1 aliphatic carbocycles. The van der Waals surface area contributed by atoms with E-state index in [-0.39, 0.29) is 12.7 Å². The highest BCUT2D eigenvalue weighted by molar-refractivity contribution is 6.30. The lowest BCUT2D eigenvalue weighted by Crippen LogP contribution is -2.27. The predicted octanol–water partition coefficient (Wildman–Crippen LogP) is 5.92. The number of hydrogen-bond donors (Lipinski definition) is 0. The number of nitrogens with zero attached hydrogens (tertiary/aromatic N) is 4. The summed E-state index contributed by atoms with van der Waals surface area (Å²) in [6.07, 6.45) is 7.55. The van der Waals surface area contributed by atoms with Crippen molar-refractivity contribution in [3.8, 4) is 17.0 Å². The summed E-state index contributed by atoms with van der Waals surface area (Å²) in [7, 11) is 3.53. The Balaban J connectivity index is 1.41. The lowest BCUT2D eigenvalue weighted by molar-refractivity contribution is 0.100. The number of rotatable bonds is 7. The molecule has 7 nitrogen and oxygen atoms in total. The van der Waals surface area contributed by atoms with Gasteiger partial charge in [-0.25, -0.2) is 9.78 Å². The van der Waals surface area contributed by atoms with Crippen LogP contribution in [0, 0.1) is 6.92 Å². The molecular weight excluding hydrogens is 452 g/mol. The minimum Gasteiger partial charge on any atom is -0.489 e. The Hall–Kier alpha value is -3.06. The highest BCUT2D eigenvalue weighted by Crippen LogP contribution is 2.29. The molecular formula is C26H31ClN4O3. The lowest BCUT2D eigenvalue weighted by Gasteiger charge is -2.23. The molecule has 0 aliphatic heterocycles. The van der Waals surface area contributed by atoms with Gasteiger partial charge in [-0.3, -0.25) is 4.68 Å². The summed E-state index contributed by atoms with van der Waals surface area (Å²) >= 11 is 6.04. The maximum atomic E-state index is 12.6. The molecule has 0 unspecified atom stereocenters. The van der Waals surface area contributed by atoms with Crippen LogP contribution >= 0.6 is 11.6 Å². The van der Waals surface area contributed by atoms with E-state index in [4.69, 9.17) is 26.1 Å². The zero-order valence-corrected chi connectivity index (χ0v) is 20.7. The molecule has 1 aromatic carbocycles. The van der Waals surface area contributed by atoms with Crippen molar-refractivity contribution in [3.05, 3.63) is 64.6 Å². The number of pyridine rings is 1. The van der Waals surface area contributed by atoms with Gasteiger partial charge in [0.2, 0.25) is 0 Å². The van der Waals surface area contributed by atoms with Gasteiger partial charge >= 0.3 is 6.09 Å². The molecule has 2 aromatic heterocycles. The van der Waals surface area contributed by atoms with Crippen LogP contribution in [0.25, 0.3) is 11.3 Å². The molecule has 2 heterocycles. The first kappa shape index (κ1) is 24.1. The molecule has 1 fully saturated rings. The van der Waals surface area contributed by atoms with Gasteiger partial charge < -0.3 is 14.4 Å². The second-order valence-corrected chi connectivity index (χ2v) is 9.26. The van der Waals surface area contributed by atoms with Crippen LogP contribution in [0.5, 0.6) is 5.75 Å². The summed E-state index contributed by atoms with van der Waals surface area (Å²) in [5.41, 5.74) is 4.16. The van der Waals surface area contributed by atoms with Gasteiger partial charge in [0.05, 0.1) is 29.4 Å². The first-order valence-electron chi connectivity index (χ1n) is 11.7. The van der Waals surface area contributed by atoms with Gasteiger partial charge in [-0.2, -0.15) is 5.10 Å². The maximum Gasteiger partial charge on any atom is 0.410 e. The minimum absolute atomic E-state index is 0.0889. The number of aromatic nitrogens is 3. The molecule has 0 radical (unpaired) electrons. The molecule has 0 atom stereocenters. The van der Waals surface area contributed by atoms with Gasteiger partial charge in [-0.15, -0.1) is 0 Å². The summed E-state index contributed by atoms with van der Waals surface area (Å²) in [5, 5.41) is 5.00. The summed E-state index contributed by atoms with van der Waals surface area (Å²) in [6, 6.07) is 11.3. The first-order valence-corrected chi connectivity index (χ1v) is 12.1. The molecule has 180 valence electrons. The van der Waals surface area contributed by atoms with E-state index in [0.29, 0.717) is 11.6 Å². The number of amides is 1. The third-order valence-electron chi connectivity index (χ3n) is 6.17. The van der Waals surface area contributed by atoms with Crippen molar-refractivity contribution in [1.82, 2.24) is 19.7 Å². The van der Waals surface area contributed by atoms with Crippen LogP contribution in [-0.2, 0) is 24.9 Å². The molecule has 0 saturated heterocycles. The third kappa shape index (κ3) is 5.89. The van der Waals surface area contributed by atoms with Crippen LogP contribution in [0.1, 0.15) is 49.1 Å². The van der Waals surface area contributed by atoms with Crippen molar-refractivity contribution >= 4 is 17.7 Å². The molecule has 3 aromatic rings. The molecule has 1 aliphatic rings. The second-order valence-electron chi connectivity index (χ2n) is 8.83. The average molecular weight is 483 g/mol. The van der Waals surface area contributed by atoms with Gasteiger partial charge in [0.25, 0.3) is 0 Å². The Morgan fingerprint density at radius 1 is 1.21 bits per heavy atom. The molecule has 0 N–H and O–H groups in total. The Morgan fingerprint density at radius 2 is 2.00 bits per heavy atom. The normalized spacial score (nSPS) is 14.1. The Labute approximate surface area is 205 Å². The zero-order chi connectivity index (χ0) is 24.1. The zero-order valence-electron chi connectivity index (χ0n) is 20.0. The molecule has 1 amide bonds. The highest BCUT2D eigenvalue weighted by atomic mass is 35.5. The standard InChI is InChI=1S/C26H31ClN4O3/c1-18-25(34-21-10-5-4-6-11-21)13-12-23(29-18)22-15-28-31(3)24(22)17-33-26(32)30(2)16-19-8-7-9-20(27)14-19/h7-9,12-15,21H,4-6,10-11,16-17H2,1-3H3. The van der Waals surface area contributed by atoms with E-state index in [9.17, 15) is 4.79 Å². The molecule has 4 rings (SSSR count). The van der Waals surface area contributed by atoms with E-state index in [1.807, 2.05) is 44.3 Å². The Bertz CT molecular complexity index is 1140. The summed E-state index contributed by atoms with van der Waals surface area (Å²) in [4.78, 5) is 18.9. The van der Waals surface area contributed by atoms with E-state index >= 15 is 0 Å². The van der Waals surface area contributed by atoms with Gasteiger partial charge in [0, 0.05) is 31.2 Å². The van der Waals surface area contributed by atoms with Crippen molar-refractivity contribution in [2.75, 3.05) is 7.05 Å². The number of carbonyl (C=O) groups is 1. The van der Waals surface area contributed by atoms with Crippen LogP contribution in [0.4, 0.5) is 4.79 Å². The van der Waals surface area contributed by atoms with Crippen molar-refractivity contribution in [3.63, 3.8) is 0 Å². The lowest BCUT2D eigenvalue weighted by atomic mass is 9.98. The Morgan fingerprint density at radius 3 is 2.74 bits per heavy atom. The van der Waals surface area contributed by atoms with Crippen molar-refractivity contribution in [1.29, 1.82) is 0 Å². The number of carbonyl (C=O) groups excluding carboxylic acids is 1. The van der Waals surface area contributed by atoms with Crippen molar-refractivity contribution in [2.45, 2.75) is 58.3 Å². The fourth-order valence-corrected chi connectivity index (χ4v) is 4.46. The fourth-order valence-electron chi connectivity index (χ4n) is 4.25. The van der Waals surface area contributed by atoms with Crippen molar-refractivity contribution in [2.24, 2.45) is 7.05 Å². The van der Waals surface area contributed by atoms with Crippen LogP contribution < -0.4 is 4.74 Å². The molecule has 8 heteroatoms. The smallest absolute Gasteiger partial charge is 0.410 e. The Kier molecular flexibility index (Phi) is 7.73. The van der Waals surface area contributed by atoms with Gasteiger partial charge in [-0.05, 0) is 62.4 Å². The highest BCUT2D eigenvalue weighted by Gasteiger charge is 2.19. The van der Waals surface area contributed by atoms with Gasteiger partial charge in [0.15, 0.2) is 0 Å². The number of hydrogen-bond acceptors (Lipinski definition) is 5. The number of aryl methyl sites for hydroxylation is 2. The maximum absolute atomic E-state index is 12.6. The summed E-state index contributed by atoms with van der Waals surface area (Å²) in [6.45, 7) is 2.45. The number of ether oxygens (including phenoxy) is 2. The molecule has 0 bridgehead atoms. The SMILES string of the molecule is Cc1nc(-c2cnn(C)c2COC(=O)N(C)Cc2cccc(Cl)c2)ccc1OC1CCCCC1. The van der Waals surface area contributed by atoms with Crippen LogP contribution in [-0.4, -0.2) is 38.9 Å². The predicted molar refractivity (Wildman–Crippen MR) is 132 cm³/mol. The van der Waals surface area contributed by atoms with Gasteiger partial charge in [-0.1, -0.05) is 30.2 Å². The minimum atomic E-state index is -0.424. The van der Waals surface area contributed by atoms with E-state index in [1.54, 1.807) is 24.0 Å². The fraction of sp³-hybridized carbons (Fsp3) is 0.423. The quantitative estimate of drug-likeness (QED) is 0.417. The van der Waals surface area contributed by atoms with E-state index in [0.717, 1.165) is 46.8 Å². The monoisotopic (exact) mass is 482 g/mol. The molecule has 0 spiro atoms. The van der Waals surface area contributed by atoms with Crippen LogP contribution in [0.3, 0.4) is 0 Å². The van der Waals surface area contributed by atoms with Gasteiger partial charge in [0.1, 0.15) is 12.4 Å².